The Balaban J connectivity index is 0.000000554. The summed E-state index contributed by atoms with van der Waals surface area (Å²) in [7, 11) is 3.24. The summed E-state index contributed by atoms with van der Waals surface area (Å²) in [5, 5.41) is 16.2. The van der Waals surface area contributed by atoms with Gasteiger partial charge in [-0.1, -0.05) is 6.08 Å². The van der Waals surface area contributed by atoms with E-state index in [0.717, 1.165) is 31.4 Å². The number of ether oxygens (including phenoxy) is 2. The number of halogens is 2. The summed E-state index contributed by atoms with van der Waals surface area (Å²) in [4.78, 5) is 22.1. The van der Waals surface area contributed by atoms with Crippen LogP contribution in [0.25, 0.3) is 0 Å². The number of nitrogens with one attached hydrogen (secondary N) is 3. The van der Waals surface area contributed by atoms with Gasteiger partial charge in [0.25, 0.3) is 12.3 Å². The van der Waals surface area contributed by atoms with Crippen molar-refractivity contribution in [1.82, 2.24) is 25.3 Å². The molecule has 3 atom stereocenters. The lowest BCUT2D eigenvalue weighted by atomic mass is 10.0. The first-order valence-electron chi connectivity index (χ1n) is 11.3. The summed E-state index contributed by atoms with van der Waals surface area (Å²) >= 11 is 0. The molecule has 2 amide bonds. The number of anilines is 1. The lowest BCUT2D eigenvalue weighted by Crippen LogP contribution is -2.22. The number of methoxy groups -OCH3 is 1. The Morgan fingerprint density at radius 1 is 1.39 bits per heavy atom. The van der Waals surface area contributed by atoms with Gasteiger partial charge in [-0.2, -0.15) is 5.10 Å². The normalized spacial score (nSPS) is 17.1. The summed E-state index contributed by atoms with van der Waals surface area (Å²) < 4.78 is 35.8. The molecule has 2 aromatic heterocycles. The number of H-pyrrole nitrogens is 1. The average molecular weight is 509 g/mol. The highest BCUT2D eigenvalue weighted by Crippen LogP contribution is 2.35. The molecule has 0 saturated heterocycles. The predicted molar refractivity (Wildman–Crippen MR) is 132 cm³/mol. The number of alkyl halides is 2. The van der Waals surface area contributed by atoms with Crippen LogP contribution in [-0.4, -0.2) is 64.6 Å². The first-order valence-corrected chi connectivity index (χ1v) is 11.3. The van der Waals surface area contributed by atoms with E-state index in [-0.39, 0.29) is 23.7 Å². The fraction of sp³-hybridized carbons (Fsp3) is 0.500. The van der Waals surface area contributed by atoms with E-state index in [9.17, 15) is 18.4 Å². The lowest BCUT2D eigenvalue weighted by Gasteiger charge is -2.07. The zero-order chi connectivity index (χ0) is 27.1. The van der Waals surface area contributed by atoms with Crippen LogP contribution in [0.3, 0.4) is 0 Å². The number of carbonyl (C=O) groups excluding carboxylic acids is 2. The molecular formula is C24H34F2N6O4. The molecule has 36 heavy (non-hydrogen) atoms. The molecule has 2 aromatic rings. The maximum atomic E-state index is 12.4. The van der Waals surface area contributed by atoms with Crippen molar-refractivity contribution < 1.29 is 27.8 Å². The number of hydrogen-bond acceptors (Lipinski definition) is 6. The SMILES string of the molecule is C#C.C=CCC(C)NC=O.COC1CCC(c2cc(NC(=O)c3cc(OCC(F)F)nn3C)n[nH]2)C1. The highest BCUT2D eigenvalue weighted by atomic mass is 19.3. The standard InChI is InChI=1S/C16H21F2N5O3.C6H11NO.C2H2/c1-23-12(7-15(22-23)26-8-13(17)18)16(24)19-14-6-11(20-21-14)9-3-4-10(5-9)25-2;1-3-4-6(2)7-5-8;1-2/h6-7,9-10,13H,3-5,8H2,1-2H3,(H2,19,20,21,24);3,5-6H,1,4H2,2H3,(H,7,8);1-2H. The predicted octanol–water partition coefficient (Wildman–Crippen LogP) is 3.27. The molecule has 1 aliphatic carbocycles. The number of aromatic nitrogens is 4. The van der Waals surface area contributed by atoms with Gasteiger partial charge in [0.1, 0.15) is 5.69 Å². The molecule has 1 fully saturated rings. The van der Waals surface area contributed by atoms with Gasteiger partial charge in [-0.05, 0) is 32.6 Å². The van der Waals surface area contributed by atoms with Gasteiger partial charge in [-0.15, -0.1) is 24.5 Å². The first-order chi connectivity index (χ1) is 17.3. The molecule has 1 aliphatic rings. The number of rotatable bonds is 11. The van der Waals surface area contributed by atoms with E-state index in [1.807, 2.05) is 6.92 Å². The zero-order valence-electron chi connectivity index (χ0n) is 20.7. The van der Waals surface area contributed by atoms with Crippen molar-refractivity contribution in [3.63, 3.8) is 0 Å². The van der Waals surface area contributed by atoms with Gasteiger partial charge in [0.2, 0.25) is 12.3 Å². The summed E-state index contributed by atoms with van der Waals surface area (Å²) in [6, 6.07) is 3.33. The van der Waals surface area contributed by atoms with Crippen LogP contribution in [0.5, 0.6) is 5.88 Å². The molecule has 0 bridgehead atoms. The molecule has 3 unspecified atom stereocenters. The van der Waals surface area contributed by atoms with Crippen LogP contribution in [0.2, 0.25) is 0 Å². The van der Waals surface area contributed by atoms with Crippen molar-refractivity contribution in [2.24, 2.45) is 7.05 Å². The maximum Gasteiger partial charge on any atom is 0.275 e. The molecule has 3 N–H and O–H groups in total. The minimum absolute atomic E-state index is 0.0303. The van der Waals surface area contributed by atoms with E-state index < -0.39 is 18.9 Å². The molecule has 0 aliphatic heterocycles. The van der Waals surface area contributed by atoms with E-state index in [4.69, 9.17) is 9.47 Å². The monoisotopic (exact) mass is 508 g/mol. The fourth-order valence-electron chi connectivity index (χ4n) is 3.53. The maximum absolute atomic E-state index is 12.4. The minimum atomic E-state index is -2.61. The molecule has 3 rings (SSSR count). The Hall–Kier alpha value is -3.72. The third kappa shape index (κ3) is 9.87. The Labute approximate surface area is 209 Å². The highest BCUT2D eigenvalue weighted by Gasteiger charge is 2.27. The second kappa shape index (κ2) is 16.0. The van der Waals surface area contributed by atoms with Crippen LogP contribution in [0.15, 0.2) is 24.8 Å². The third-order valence-corrected chi connectivity index (χ3v) is 5.32. The van der Waals surface area contributed by atoms with Gasteiger partial charge in [0, 0.05) is 43.9 Å². The second-order valence-corrected chi connectivity index (χ2v) is 7.93. The summed E-state index contributed by atoms with van der Waals surface area (Å²) in [5.41, 5.74) is 1.13. The number of aromatic amines is 1. The smallest absolute Gasteiger partial charge is 0.275 e. The number of terminal acetylenes is 1. The van der Waals surface area contributed by atoms with Gasteiger partial charge >= 0.3 is 0 Å². The minimum Gasteiger partial charge on any atom is -0.471 e. The van der Waals surface area contributed by atoms with Crippen LogP contribution in [0, 0.1) is 12.8 Å². The van der Waals surface area contributed by atoms with Gasteiger partial charge in [-0.3, -0.25) is 19.4 Å². The van der Waals surface area contributed by atoms with Crippen LogP contribution < -0.4 is 15.4 Å². The molecular weight excluding hydrogens is 474 g/mol. The zero-order valence-corrected chi connectivity index (χ0v) is 20.7. The largest absolute Gasteiger partial charge is 0.471 e. The summed E-state index contributed by atoms with van der Waals surface area (Å²) in [6.45, 7) is 4.68. The number of amides is 2. The first kappa shape index (κ1) is 30.3. The average Bonchev–Trinajstić information content (AvgIpc) is 3.59. The van der Waals surface area contributed by atoms with Crippen LogP contribution in [-0.2, 0) is 16.6 Å². The van der Waals surface area contributed by atoms with Crippen molar-refractivity contribution in [3.05, 3.63) is 36.2 Å². The number of nitrogens with zero attached hydrogens (tertiary/aromatic N) is 3. The lowest BCUT2D eigenvalue weighted by molar-refractivity contribution is -0.110. The van der Waals surface area contributed by atoms with Gasteiger partial charge in [0.05, 0.1) is 6.10 Å². The van der Waals surface area contributed by atoms with E-state index >= 15 is 0 Å². The number of aryl methyl sites for hydroxylation is 1. The molecule has 198 valence electrons. The molecule has 0 spiro atoms. The van der Waals surface area contributed by atoms with Crippen LogP contribution in [0.4, 0.5) is 14.6 Å². The Morgan fingerprint density at radius 3 is 2.69 bits per heavy atom. The molecule has 10 nitrogen and oxygen atoms in total. The van der Waals surface area contributed by atoms with E-state index in [1.165, 1.54) is 17.8 Å². The molecule has 1 saturated carbocycles. The molecule has 0 aromatic carbocycles. The van der Waals surface area contributed by atoms with Crippen LogP contribution in [0.1, 0.15) is 54.7 Å². The van der Waals surface area contributed by atoms with Crippen molar-refractivity contribution in [2.75, 3.05) is 19.0 Å². The second-order valence-electron chi connectivity index (χ2n) is 7.93. The fourth-order valence-corrected chi connectivity index (χ4v) is 3.53. The summed E-state index contributed by atoms with van der Waals surface area (Å²) in [6.07, 6.45) is 11.9. The molecule has 2 heterocycles. The number of carbonyl (C=O) groups is 2. The van der Waals surface area contributed by atoms with Crippen LogP contribution >= 0.6 is 0 Å². The van der Waals surface area contributed by atoms with Gasteiger partial charge < -0.3 is 20.1 Å². The number of hydrogen-bond donors (Lipinski definition) is 3. The van der Waals surface area contributed by atoms with Crippen molar-refractivity contribution in [1.29, 1.82) is 0 Å². The molecule has 0 radical (unpaired) electrons. The highest BCUT2D eigenvalue weighted by molar-refractivity contribution is 6.02. The Kier molecular flexibility index (Phi) is 13.5. The Bertz CT molecular complexity index is 965. The molecule has 12 heteroatoms. The van der Waals surface area contributed by atoms with Crippen molar-refractivity contribution >= 4 is 18.1 Å². The summed E-state index contributed by atoms with van der Waals surface area (Å²) in [5.74, 6) is 0.231. The van der Waals surface area contributed by atoms with E-state index in [2.05, 4.69) is 45.4 Å². The topological polar surface area (TPSA) is 123 Å². The van der Waals surface area contributed by atoms with Gasteiger partial charge in [-0.25, -0.2) is 8.78 Å². The van der Waals surface area contributed by atoms with Crippen molar-refractivity contribution in [3.8, 4) is 18.7 Å². The third-order valence-electron chi connectivity index (χ3n) is 5.32. The van der Waals surface area contributed by atoms with Crippen molar-refractivity contribution in [2.45, 2.75) is 57.1 Å². The van der Waals surface area contributed by atoms with E-state index in [1.54, 1.807) is 19.3 Å². The quantitative estimate of drug-likeness (QED) is 0.243. The van der Waals surface area contributed by atoms with Gasteiger partial charge in [0.15, 0.2) is 12.4 Å². The Morgan fingerprint density at radius 2 is 2.11 bits per heavy atom. The van der Waals surface area contributed by atoms with E-state index in [0.29, 0.717) is 18.1 Å².